The van der Waals surface area contributed by atoms with Crippen molar-refractivity contribution in [1.29, 1.82) is 0 Å². The van der Waals surface area contributed by atoms with Crippen molar-refractivity contribution in [3.8, 4) is 0 Å². The summed E-state index contributed by atoms with van der Waals surface area (Å²) in [5.74, 6) is 0.885. The maximum absolute atomic E-state index is 11.9. The topological polar surface area (TPSA) is 40.5 Å². The van der Waals surface area contributed by atoms with E-state index in [4.69, 9.17) is 11.6 Å². The van der Waals surface area contributed by atoms with Crippen LogP contribution in [0.1, 0.15) is 26.2 Å². The van der Waals surface area contributed by atoms with E-state index < -0.39 is 5.60 Å². The monoisotopic (exact) mass is 313 g/mol. The Morgan fingerprint density at radius 2 is 2.05 bits per heavy atom. The third-order valence-corrected chi connectivity index (χ3v) is 4.70. The highest BCUT2D eigenvalue weighted by Gasteiger charge is 2.42. The Morgan fingerprint density at radius 1 is 1.40 bits per heavy atom. The molecule has 1 aromatic rings. The zero-order chi connectivity index (χ0) is 14.6. The van der Waals surface area contributed by atoms with Crippen molar-refractivity contribution < 1.29 is 9.90 Å². The minimum absolute atomic E-state index is 0.132. The molecule has 1 N–H and O–H groups in total. The third kappa shape index (κ3) is 4.14. The lowest BCUT2D eigenvalue weighted by Gasteiger charge is -2.46. The summed E-state index contributed by atoms with van der Waals surface area (Å²) in [6.07, 6.45) is 2.23. The summed E-state index contributed by atoms with van der Waals surface area (Å²) in [5, 5.41) is 10.8. The minimum Gasteiger partial charge on any atom is -0.386 e. The Morgan fingerprint density at radius 3 is 2.65 bits per heavy atom. The van der Waals surface area contributed by atoms with Crippen molar-refractivity contribution >= 4 is 29.3 Å². The fraction of sp³-hybridized carbons (Fsp3) is 0.533. The van der Waals surface area contributed by atoms with Crippen LogP contribution in [0.2, 0.25) is 5.02 Å². The van der Waals surface area contributed by atoms with Crippen LogP contribution in [0.15, 0.2) is 29.2 Å². The lowest BCUT2D eigenvalue weighted by molar-refractivity contribution is -0.156. The van der Waals surface area contributed by atoms with Gasteiger partial charge in [-0.1, -0.05) is 24.9 Å². The van der Waals surface area contributed by atoms with E-state index >= 15 is 0 Å². The number of benzene rings is 1. The van der Waals surface area contributed by atoms with E-state index in [1.807, 2.05) is 31.2 Å². The molecule has 3 nitrogen and oxygen atoms in total. The quantitative estimate of drug-likeness (QED) is 0.820. The minimum atomic E-state index is -0.631. The molecule has 0 atom stereocenters. The van der Waals surface area contributed by atoms with Crippen LogP contribution in [-0.4, -0.2) is 40.4 Å². The summed E-state index contributed by atoms with van der Waals surface area (Å²) >= 11 is 7.47. The maximum atomic E-state index is 11.9. The van der Waals surface area contributed by atoms with Crippen LogP contribution in [0.3, 0.4) is 0 Å². The Labute approximate surface area is 129 Å². The van der Waals surface area contributed by atoms with Crippen LogP contribution in [0, 0.1) is 0 Å². The molecule has 0 aliphatic carbocycles. The third-order valence-electron chi connectivity index (χ3n) is 3.44. The Balaban J connectivity index is 1.68. The number of halogens is 1. The molecule has 1 saturated heterocycles. The first-order chi connectivity index (χ1) is 9.52. The van der Waals surface area contributed by atoms with Crippen molar-refractivity contribution in [1.82, 2.24) is 4.90 Å². The standard InChI is InChI=1S/C15H20ClNO2S/c1-2-8-15(19)10-17(11-15)14(18)7-9-20-13-5-3-12(16)4-6-13/h3-6,19H,2,7-11H2,1H3. The van der Waals surface area contributed by atoms with Gasteiger partial charge in [0.05, 0.1) is 18.7 Å². The molecular weight excluding hydrogens is 294 g/mol. The molecule has 110 valence electrons. The molecule has 1 aromatic carbocycles. The average molecular weight is 314 g/mol. The molecule has 1 amide bonds. The second kappa shape index (κ2) is 6.83. The van der Waals surface area contributed by atoms with E-state index in [9.17, 15) is 9.90 Å². The number of hydrogen-bond acceptors (Lipinski definition) is 3. The number of hydrogen-bond donors (Lipinski definition) is 1. The van der Waals surface area contributed by atoms with Gasteiger partial charge in [0.1, 0.15) is 0 Å². The number of nitrogens with zero attached hydrogens (tertiary/aromatic N) is 1. The summed E-state index contributed by atoms with van der Waals surface area (Å²) in [6, 6.07) is 7.63. The number of amides is 1. The first-order valence-corrected chi connectivity index (χ1v) is 8.27. The van der Waals surface area contributed by atoms with Gasteiger partial charge in [-0.25, -0.2) is 0 Å². The number of carbonyl (C=O) groups is 1. The first kappa shape index (κ1) is 15.7. The van der Waals surface area contributed by atoms with Crippen molar-refractivity contribution in [2.75, 3.05) is 18.8 Å². The second-order valence-electron chi connectivity index (χ2n) is 5.28. The number of thioether (sulfide) groups is 1. The molecule has 1 fully saturated rings. The number of β-amino-alcohol motifs (C(OH)–C–C–N with tert-alkyl or cyclic N) is 1. The van der Waals surface area contributed by atoms with E-state index in [0.29, 0.717) is 19.5 Å². The number of carbonyl (C=O) groups excluding carboxylic acids is 1. The second-order valence-corrected chi connectivity index (χ2v) is 6.88. The summed E-state index contributed by atoms with van der Waals surface area (Å²) in [4.78, 5) is 14.8. The fourth-order valence-electron chi connectivity index (χ4n) is 2.41. The van der Waals surface area contributed by atoms with Crippen molar-refractivity contribution in [2.24, 2.45) is 0 Å². The van der Waals surface area contributed by atoms with E-state index in [0.717, 1.165) is 28.5 Å². The van der Waals surface area contributed by atoms with Crippen molar-refractivity contribution in [3.63, 3.8) is 0 Å². The molecule has 0 aromatic heterocycles. The zero-order valence-corrected chi connectivity index (χ0v) is 13.2. The SMILES string of the molecule is CCCC1(O)CN(C(=O)CCSc2ccc(Cl)cc2)C1. The van der Waals surface area contributed by atoms with Crippen LogP contribution in [-0.2, 0) is 4.79 Å². The Kier molecular flexibility index (Phi) is 5.35. The fourth-order valence-corrected chi connectivity index (χ4v) is 3.38. The molecule has 1 aliphatic heterocycles. The van der Waals surface area contributed by atoms with Crippen LogP contribution >= 0.6 is 23.4 Å². The predicted molar refractivity (Wildman–Crippen MR) is 83.2 cm³/mol. The highest BCUT2D eigenvalue weighted by molar-refractivity contribution is 7.99. The van der Waals surface area contributed by atoms with E-state index in [1.54, 1.807) is 16.7 Å². The maximum Gasteiger partial charge on any atom is 0.223 e. The normalized spacial score (nSPS) is 16.9. The molecule has 20 heavy (non-hydrogen) atoms. The largest absolute Gasteiger partial charge is 0.386 e. The van der Waals surface area contributed by atoms with Gasteiger partial charge in [-0.15, -0.1) is 11.8 Å². The van der Waals surface area contributed by atoms with Gasteiger partial charge in [0.15, 0.2) is 0 Å². The Bertz CT molecular complexity index is 457. The predicted octanol–water partition coefficient (Wildman–Crippen LogP) is 3.20. The van der Waals surface area contributed by atoms with Crippen LogP contribution in [0.5, 0.6) is 0 Å². The zero-order valence-electron chi connectivity index (χ0n) is 11.6. The van der Waals surface area contributed by atoms with Crippen molar-refractivity contribution in [3.05, 3.63) is 29.3 Å². The molecule has 0 spiro atoms. The molecule has 1 aliphatic rings. The Hall–Kier alpha value is -0.710. The number of rotatable bonds is 6. The van der Waals surface area contributed by atoms with Gasteiger partial charge in [-0.3, -0.25) is 4.79 Å². The molecule has 2 rings (SSSR count). The number of aliphatic hydroxyl groups is 1. The van der Waals surface area contributed by atoms with Crippen LogP contribution < -0.4 is 0 Å². The highest BCUT2D eigenvalue weighted by atomic mass is 35.5. The van der Waals surface area contributed by atoms with E-state index in [2.05, 4.69) is 0 Å². The van der Waals surface area contributed by atoms with Crippen LogP contribution in [0.25, 0.3) is 0 Å². The van der Waals surface area contributed by atoms with E-state index in [-0.39, 0.29) is 5.91 Å². The molecule has 0 bridgehead atoms. The smallest absolute Gasteiger partial charge is 0.223 e. The lowest BCUT2D eigenvalue weighted by Crippen LogP contribution is -2.63. The first-order valence-electron chi connectivity index (χ1n) is 6.91. The summed E-state index contributed by atoms with van der Waals surface area (Å²) in [5.41, 5.74) is -0.631. The molecular formula is C15H20ClNO2S. The number of likely N-dealkylation sites (tertiary alicyclic amines) is 1. The molecule has 0 radical (unpaired) electrons. The average Bonchev–Trinajstić information content (AvgIpc) is 2.38. The lowest BCUT2D eigenvalue weighted by atomic mass is 9.89. The molecule has 0 saturated carbocycles. The molecule has 5 heteroatoms. The van der Waals surface area contributed by atoms with Gasteiger partial charge >= 0.3 is 0 Å². The summed E-state index contributed by atoms with van der Waals surface area (Å²) < 4.78 is 0. The summed E-state index contributed by atoms with van der Waals surface area (Å²) in [6.45, 7) is 3.03. The highest BCUT2D eigenvalue weighted by Crippen LogP contribution is 2.27. The van der Waals surface area contributed by atoms with Gasteiger partial charge < -0.3 is 10.0 Å². The van der Waals surface area contributed by atoms with E-state index in [1.165, 1.54) is 0 Å². The van der Waals surface area contributed by atoms with Crippen LogP contribution in [0.4, 0.5) is 0 Å². The van der Waals surface area contributed by atoms with Gasteiger partial charge in [0.2, 0.25) is 5.91 Å². The molecule has 1 heterocycles. The van der Waals surface area contributed by atoms with Gasteiger partial charge in [0.25, 0.3) is 0 Å². The summed E-state index contributed by atoms with van der Waals surface area (Å²) in [7, 11) is 0. The van der Waals surface area contributed by atoms with Gasteiger partial charge in [0, 0.05) is 22.1 Å². The van der Waals surface area contributed by atoms with Crippen molar-refractivity contribution in [2.45, 2.75) is 36.7 Å². The molecule has 0 unspecified atom stereocenters. The van der Waals surface area contributed by atoms with Gasteiger partial charge in [-0.05, 0) is 30.7 Å². The van der Waals surface area contributed by atoms with Gasteiger partial charge in [-0.2, -0.15) is 0 Å².